The largest absolute Gasteiger partial charge is 0.454 e. The fourth-order valence-electron chi connectivity index (χ4n) is 0.483. The number of cyclic esters (lactones) is 1. The molecule has 1 fully saturated rings. The van der Waals surface area contributed by atoms with Crippen LogP contribution in [0.1, 0.15) is 6.42 Å². The number of halogens is 3. The van der Waals surface area contributed by atoms with Crippen LogP contribution in [0.3, 0.4) is 0 Å². The van der Waals surface area contributed by atoms with Crippen LogP contribution < -0.4 is 0 Å². The van der Waals surface area contributed by atoms with Gasteiger partial charge < -0.3 is 4.74 Å². The monoisotopic (exact) mass is 156 g/mol. The van der Waals surface area contributed by atoms with Gasteiger partial charge in [0, 0.05) is 0 Å². The van der Waals surface area contributed by atoms with Gasteiger partial charge in [-0.1, -0.05) is 0 Å². The summed E-state index contributed by atoms with van der Waals surface area (Å²) in [6.45, 7) is 0. The summed E-state index contributed by atoms with van der Waals surface area (Å²) in [7, 11) is 0. The molecule has 0 saturated carbocycles. The molecule has 1 saturated heterocycles. The van der Waals surface area contributed by atoms with E-state index < -0.39 is 17.5 Å². The molecule has 1 aliphatic heterocycles. The van der Waals surface area contributed by atoms with Crippen LogP contribution in [0, 0.1) is 0 Å². The van der Waals surface area contributed by atoms with Crippen LogP contribution >= 0.6 is 11.6 Å². The first-order valence-electron chi connectivity index (χ1n) is 2.26. The molecule has 0 spiro atoms. The van der Waals surface area contributed by atoms with Crippen LogP contribution in [0.15, 0.2) is 0 Å². The number of alkyl halides is 3. The lowest BCUT2D eigenvalue weighted by Crippen LogP contribution is -2.43. The molecule has 0 N–H and O–H groups in total. The molecule has 0 aromatic rings. The summed E-state index contributed by atoms with van der Waals surface area (Å²) >= 11 is 4.49. The maximum Gasteiger partial charge on any atom is 0.358 e. The van der Waals surface area contributed by atoms with E-state index in [-0.39, 0.29) is 6.42 Å². The first-order chi connectivity index (χ1) is 4.00. The Hall–Kier alpha value is -0.380. The molecule has 0 amide bonds. The second kappa shape index (κ2) is 1.80. The summed E-state index contributed by atoms with van der Waals surface area (Å²) in [4.78, 5) is 9.94. The highest BCUT2D eigenvalue weighted by Gasteiger charge is 2.47. The fraction of sp³-hybridized carbons (Fsp3) is 0.750. The van der Waals surface area contributed by atoms with Gasteiger partial charge in [-0.15, -0.1) is 0 Å². The number of esters is 1. The molecule has 0 unspecified atom stereocenters. The molecule has 1 rings (SSSR count). The first-order valence-corrected chi connectivity index (χ1v) is 2.64. The quantitative estimate of drug-likeness (QED) is 0.420. The first kappa shape index (κ1) is 6.74. The highest BCUT2D eigenvalue weighted by atomic mass is 35.5. The van der Waals surface area contributed by atoms with E-state index in [4.69, 9.17) is 0 Å². The Balaban J connectivity index is 2.40. The van der Waals surface area contributed by atoms with Crippen molar-refractivity contribution in [3.63, 3.8) is 0 Å². The SMILES string of the molecule is O=C1C[C@@H](C(F)(F)Cl)O1. The van der Waals surface area contributed by atoms with Crippen LogP contribution in [0.4, 0.5) is 8.78 Å². The fourth-order valence-corrected chi connectivity index (χ4v) is 0.605. The van der Waals surface area contributed by atoms with E-state index in [9.17, 15) is 13.6 Å². The molecule has 0 aromatic heterocycles. The summed E-state index contributed by atoms with van der Waals surface area (Å²) in [5.41, 5.74) is 0. The number of carbonyl (C=O) groups is 1. The van der Waals surface area contributed by atoms with Crippen molar-refractivity contribution >= 4 is 17.6 Å². The summed E-state index contributed by atoms with van der Waals surface area (Å²) in [6, 6.07) is 0. The Kier molecular flexibility index (Phi) is 1.35. The molecule has 5 heteroatoms. The van der Waals surface area contributed by atoms with Crippen molar-refractivity contribution in [3.8, 4) is 0 Å². The van der Waals surface area contributed by atoms with Gasteiger partial charge in [0.15, 0.2) is 6.10 Å². The normalized spacial score (nSPS) is 27.0. The van der Waals surface area contributed by atoms with E-state index in [0.29, 0.717) is 0 Å². The lowest BCUT2D eigenvalue weighted by atomic mass is 10.2. The molecule has 0 aromatic carbocycles. The van der Waals surface area contributed by atoms with Gasteiger partial charge in [0.2, 0.25) is 0 Å². The molecular formula is C4H3ClF2O2. The Morgan fingerprint density at radius 2 is 2.22 bits per heavy atom. The highest BCUT2D eigenvalue weighted by Crippen LogP contribution is 2.33. The van der Waals surface area contributed by atoms with Crippen molar-refractivity contribution in [3.05, 3.63) is 0 Å². The van der Waals surface area contributed by atoms with Crippen molar-refractivity contribution in [2.24, 2.45) is 0 Å². The van der Waals surface area contributed by atoms with Crippen molar-refractivity contribution < 1.29 is 18.3 Å². The number of hydrogen-bond acceptors (Lipinski definition) is 2. The van der Waals surface area contributed by atoms with Gasteiger partial charge in [-0.05, 0) is 11.6 Å². The van der Waals surface area contributed by atoms with Gasteiger partial charge >= 0.3 is 11.4 Å². The lowest BCUT2D eigenvalue weighted by molar-refractivity contribution is -0.190. The van der Waals surface area contributed by atoms with Crippen LogP contribution in [0.25, 0.3) is 0 Å². The van der Waals surface area contributed by atoms with Crippen molar-refractivity contribution in [1.29, 1.82) is 0 Å². The molecule has 9 heavy (non-hydrogen) atoms. The minimum Gasteiger partial charge on any atom is -0.454 e. The molecule has 0 radical (unpaired) electrons. The third-order valence-electron chi connectivity index (χ3n) is 0.991. The molecule has 1 atom stereocenters. The van der Waals surface area contributed by atoms with Gasteiger partial charge in [0.25, 0.3) is 0 Å². The molecule has 0 aliphatic carbocycles. The standard InChI is InChI=1S/C4H3ClF2O2/c5-4(6,7)2-1-3(8)9-2/h2H,1H2/t2-/m0/s1. The van der Waals surface area contributed by atoms with E-state index in [0.717, 1.165) is 0 Å². The third kappa shape index (κ3) is 1.30. The predicted octanol–water partition coefficient (Wildman–Crippen LogP) is 1.13. The Morgan fingerprint density at radius 1 is 1.78 bits per heavy atom. The van der Waals surface area contributed by atoms with E-state index in [1.165, 1.54) is 0 Å². The Morgan fingerprint density at radius 3 is 2.33 bits per heavy atom. The zero-order valence-electron chi connectivity index (χ0n) is 4.23. The van der Waals surface area contributed by atoms with E-state index >= 15 is 0 Å². The summed E-state index contributed by atoms with van der Waals surface area (Å²) in [6.07, 6.45) is -1.69. The second-order valence-corrected chi connectivity index (χ2v) is 2.23. The number of ether oxygens (including phenoxy) is 1. The summed E-state index contributed by atoms with van der Waals surface area (Å²) in [5.74, 6) is -0.625. The van der Waals surface area contributed by atoms with E-state index in [2.05, 4.69) is 16.3 Å². The predicted molar refractivity (Wildman–Crippen MR) is 25.3 cm³/mol. The maximum atomic E-state index is 11.8. The number of rotatable bonds is 1. The van der Waals surface area contributed by atoms with Crippen LogP contribution in [-0.4, -0.2) is 17.5 Å². The molecule has 1 aliphatic rings. The molecule has 1 heterocycles. The minimum atomic E-state index is -3.39. The highest BCUT2D eigenvalue weighted by molar-refractivity contribution is 6.22. The average molecular weight is 157 g/mol. The average Bonchev–Trinajstić information content (AvgIpc) is 1.55. The second-order valence-electron chi connectivity index (χ2n) is 1.72. The van der Waals surface area contributed by atoms with Gasteiger partial charge in [-0.3, -0.25) is 4.79 Å². The van der Waals surface area contributed by atoms with Crippen molar-refractivity contribution in [1.82, 2.24) is 0 Å². The van der Waals surface area contributed by atoms with Gasteiger partial charge in [-0.25, -0.2) is 0 Å². The smallest absolute Gasteiger partial charge is 0.358 e. The topological polar surface area (TPSA) is 26.3 Å². The minimum absolute atomic E-state index is 0.281. The lowest BCUT2D eigenvalue weighted by Gasteiger charge is -2.28. The van der Waals surface area contributed by atoms with Gasteiger partial charge in [0.05, 0.1) is 6.42 Å². The molecule has 0 bridgehead atoms. The van der Waals surface area contributed by atoms with Crippen LogP contribution in [0.5, 0.6) is 0 Å². The van der Waals surface area contributed by atoms with Gasteiger partial charge in [0.1, 0.15) is 0 Å². The molecular weight excluding hydrogens is 153 g/mol. The van der Waals surface area contributed by atoms with E-state index in [1.807, 2.05) is 0 Å². The zero-order valence-corrected chi connectivity index (χ0v) is 4.99. The third-order valence-corrected chi connectivity index (χ3v) is 1.23. The van der Waals surface area contributed by atoms with Crippen molar-refractivity contribution in [2.45, 2.75) is 17.9 Å². The Labute approximate surface area is 54.7 Å². The number of carbonyl (C=O) groups excluding carboxylic acids is 1. The van der Waals surface area contributed by atoms with Crippen LogP contribution in [-0.2, 0) is 9.53 Å². The zero-order chi connectivity index (χ0) is 7.07. The molecule has 52 valence electrons. The Bertz CT molecular complexity index is 134. The van der Waals surface area contributed by atoms with E-state index in [1.54, 1.807) is 0 Å². The number of hydrogen-bond donors (Lipinski definition) is 0. The maximum absolute atomic E-state index is 11.8. The van der Waals surface area contributed by atoms with Crippen molar-refractivity contribution in [2.75, 3.05) is 0 Å². The summed E-state index contributed by atoms with van der Waals surface area (Å²) in [5, 5.41) is -3.39. The summed E-state index contributed by atoms with van der Waals surface area (Å²) < 4.78 is 27.6. The van der Waals surface area contributed by atoms with Crippen LogP contribution in [0.2, 0.25) is 0 Å². The molecule has 2 nitrogen and oxygen atoms in total. The van der Waals surface area contributed by atoms with Gasteiger partial charge in [-0.2, -0.15) is 8.78 Å².